The molecule has 5 nitrogen and oxygen atoms in total. The zero-order valence-corrected chi connectivity index (χ0v) is 10.9. The molecule has 1 atom stereocenters. The lowest BCUT2D eigenvalue weighted by atomic mass is 10.0. The number of ether oxygens (including phenoxy) is 1. The van der Waals surface area contributed by atoms with E-state index >= 15 is 0 Å². The largest absolute Gasteiger partial charge is 0.493 e. The fourth-order valence-electron chi connectivity index (χ4n) is 2.15. The van der Waals surface area contributed by atoms with Crippen molar-refractivity contribution in [3.8, 4) is 5.75 Å². The molecular formula is C13H13ClN4O. The number of nitrogens with one attached hydrogen (secondary N) is 1. The fraction of sp³-hybridized carbons (Fsp3) is 0.231. The Balaban J connectivity index is 1.91. The maximum absolute atomic E-state index is 5.89. The average molecular weight is 277 g/mol. The summed E-state index contributed by atoms with van der Waals surface area (Å²) in [7, 11) is 0. The second-order valence-electron chi connectivity index (χ2n) is 4.30. The lowest BCUT2D eigenvalue weighted by Crippen LogP contribution is -2.21. The monoisotopic (exact) mass is 276 g/mol. The van der Waals surface area contributed by atoms with Gasteiger partial charge in [-0.15, -0.1) is 0 Å². The predicted octanol–water partition coefficient (Wildman–Crippen LogP) is 2.65. The molecule has 2 aromatic rings. The van der Waals surface area contributed by atoms with Crippen molar-refractivity contribution >= 4 is 23.1 Å². The predicted molar refractivity (Wildman–Crippen MR) is 74.4 cm³/mol. The number of benzene rings is 1. The van der Waals surface area contributed by atoms with Gasteiger partial charge in [-0.1, -0.05) is 29.8 Å². The first-order chi connectivity index (χ1) is 9.25. The number of halogens is 1. The quantitative estimate of drug-likeness (QED) is 0.825. The summed E-state index contributed by atoms with van der Waals surface area (Å²) < 4.78 is 5.62. The van der Waals surface area contributed by atoms with Crippen LogP contribution in [0.15, 0.2) is 30.6 Å². The second-order valence-corrected chi connectivity index (χ2v) is 4.66. The van der Waals surface area contributed by atoms with Gasteiger partial charge < -0.3 is 15.8 Å². The summed E-state index contributed by atoms with van der Waals surface area (Å²) in [5.41, 5.74) is 7.34. The Morgan fingerprint density at radius 3 is 3.05 bits per heavy atom. The molecule has 0 radical (unpaired) electrons. The van der Waals surface area contributed by atoms with E-state index in [1.165, 1.54) is 6.33 Å². The molecule has 1 aliphatic rings. The highest BCUT2D eigenvalue weighted by Crippen LogP contribution is 2.35. The van der Waals surface area contributed by atoms with Crippen LogP contribution >= 0.6 is 11.6 Å². The molecular weight excluding hydrogens is 264 g/mol. The number of anilines is 2. The molecule has 0 spiro atoms. The fourth-order valence-corrected chi connectivity index (χ4v) is 2.28. The summed E-state index contributed by atoms with van der Waals surface area (Å²) in [4.78, 5) is 7.98. The van der Waals surface area contributed by atoms with E-state index in [1.807, 2.05) is 24.3 Å². The summed E-state index contributed by atoms with van der Waals surface area (Å²) >= 11 is 5.89. The molecule has 1 aromatic heterocycles. The molecule has 1 unspecified atom stereocenters. The summed E-state index contributed by atoms with van der Waals surface area (Å²) in [6.45, 7) is 0.660. The maximum Gasteiger partial charge on any atom is 0.157 e. The van der Waals surface area contributed by atoms with E-state index in [0.29, 0.717) is 18.1 Å². The van der Waals surface area contributed by atoms with E-state index in [2.05, 4.69) is 15.3 Å². The van der Waals surface area contributed by atoms with Gasteiger partial charge in [-0.3, -0.25) is 0 Å². The number of para-hydroxylation sites is 1. The van der Waals surface area contributed by atoms with Crippen molar-refractivity contribution in [1.82, 2.24) is 9.97 Å². The first-order valence-electron chi connectivity index (χ1n) is 6.00. The van der Waals surface area contributed by atoms with Gasteiger partial charge in [-0.05, 0) is 6.07 Å². The zero-order valence-electron chi connectivity index (χ0n) is 10.1. The molecule has 98 valence electrons. The molecule has 0 saturated heterocycles. The Morgan fingerprint density at radius 1 is 1.32 bits per heavy atom. The van der Waals surface area contributed by atoms with Gasteiger partial charge in [0.15, 0.2) is 11.0 Å². The number of hydrogen-bond donors (Lipinski definition) is 2. The maximum atomic E-state index is 5.89. The van der Waals surface area contributed by atoms with E-state index in [-0.39, 0.29) is 11.2 Å². The summed E-state index contributed by atoms with van der Waals surface area (Å²) in [5.74, 6) is 1.45. The van der Waals surface area contributed by atoms with Crippen molar-refractivity contribution in [2.45, 2.75) is 12.5 Å². The minimum atomic E-state index is 0.109. The molecule has 0 amide bonds. The Labute approximate surface area is 115 Å². The third-order valence-electron chi connectivity index (χ3n) is 3.10. The average Bonchev–Trinajstić information content (AvgIpc) is 2.44. The van der Waals surface area contributed by atoms with Crippen molar-refractivity contribution in [3.05, 3.63) is 41.3 Å². The molecule has 1 aliphatic heterocycles. The van der Waals surface area contributed by atoms with E-state index in [4.69, 9.17) is 22.1 Å². The van der Waals surface area contributed by atoms with E-state index in [9.17, 15) is 0 Å². The molecule has 19 heavy (non-hydrogen) atoms. The minimum Gasteiger partial charge on any atom is -0.493 e. The van der Waals surface area contributed by atoms with Crippen LogP contribution in [-0.4, -0.2) is 16.6 Å². The second kappa shape index (κ2) is 4.93. The summed E-state index contributed by atoms with van der Waals surface area (Å²) in [6, 6.07) is 8.04. The van der Waals surface area contributed by atoms with Crippen LogP contribution in [0.3, 0.4) is 0 Å². The van der Waals surface area contributed by atoms with Crippen LogP contribution in [0, 0.1) is 0 Å². The first kappa shape index (κ1) is 12.0. The Kier molecular flexibility index (Phi) is 3.13. The van der Waals surface area contributed by atoms with Crippen molar-refractivity contribution in [1.29, 1.82) is 0 Å². The zero-order chi connectivity index (χ0) is 13.2. The number of rotatable bonds is 2. The molecule has 3 N–H and O–H groups in total. The van der Waals surface area contributed by atoms with Gasteiger partial charge in [0, 0.05) is 12.0 Å². The van der Waals surface area contributed by atoms with Gasteiger partial charge in [0.25, 0.3) is 0 Å². The molecule has 3 rings (SSSR count). The highest BCUT2D eigenvalue weighted by atomic mass is 35.5. The van der Waals surface area contributed by atoms with Crippen molar-refractivity contribution < 1.29 is 4.74 Å². The molecule has 1 aromatic carbocycles. The number of aromatic nitrogens is 2. The Bertz CT molecular complexity index is 605. The highest BCUT2D eigenvalue weighted by molar-refractivity contribution is 6.32. The molecule has 0 aliphatic carbocycles. The lowest BCUT2D eigenvalue weighted by Gasteiger charge is -2.27. The Morgan fingerprint density at radius 2 is 2.16 bits per heavy atom. The molecule has 6 heteroatoms. The van der Waals surface area contributed by atoms with Crippen LogP contribution in [0.1, 0.15) is 18.0 Å². The van der Waals surface area contributed by atoms with Crippen LogP contribution in [0.25, 0.3) is 0 Å². The number of hydrogen-bond acceptors (Lipinski definition) is 5. The van der Waals surface area contributed by atoms with E-state index in [0.717, 1.165) is 17.7 Å². The number of nitrogens with zero attached hydrogens (tertiary/aromatic N) is 2. The van der Waals surface area contributed by atoms with Gasteiger partial charge >= 0.3 is 0 Å². The SMILES string of the molecule is Nc1c(Cl)ncnc1NC1CCOc2ccccc21. The Hall–Kier alpha value is -2.01. The van der Waals surface area contributed by atoms with Gasteiger partial charge in [0.1, 0.15) is 17.8 Å². The van der Waals surface area contributed by atoms with Crippen LogP contribution < -0.4 is 15.8 Å². The van der Waals surface area contributed by atoms with Gasteiger partial charge in [0.05, 0.1) is 12.6 Å². The number of nitrogens with two attached hydrogens (primary N) is 1. The third kappa shape index (κ3) is 2.29. The molecule has 0 fully saturated rings. The third-order valence-corrected chi connectivity index (χ3v) is 3.41. The summed E-state index contributed by atoms with van der Waals surface area (Å²) in [6.07, 6.45) is 2.24. The number of nitrogen functional groups attached to an aromatic ring is 1. The molecule has 0 bridgehead atoms. The summed E-state index contributed by atoms with van der Waals surface area (Å²) in [5, 5.41) is 3.57. The van der Waals surface area contributed by atoms with E-state index in [1.54, 1.807) is 0 Å². The van der Waals surface area contributed by atoms with Gasteiger partial charge in [0.2, 0.25) is 0 Å². The van der Waals surface area contributed by atoms with Gasteiger partial charge in [-0.25, -0.2) is 9.97 Å². The molecule has 0 saturated carbocycles. The number of fused-ring (bicyclic) bond motifs is 1. The first-order valence-corrected chi connectivity index (χ1v) is 6.37. The molecule has 2 heterocycles. The van der Waals surface area contributed by atoms with Crippen molar-refractivity contribution in [2.24, 2.45) is 0 Å². The van der Waals surface area contributed by atoms with Crippen LogP contribution in [0.4, 0.5) is 11.5 Å². The van der Waals surface area contributed by atoms with Crippen molar-refractivity contribution in [2.75, 3.05) is 17.7 Å². The van der Waals surface area contributed by atoms with Crippen LogP contribution in [-0.2, 0) is 0 Å². The minimum absolute atomic E-state index is 0.109. The topological polar surface area (TPSA) is 73.1 Å². The van der Waals surface area contributed by atoms with Crippen LogP contribution in [0.5, 0.6) is 5.75 Å². The van der Waals surface area contributed by atoms with Crippen LogP contribution in [0.2, 0.25) is 5.15 Å². The van der Waals surface area contributed by atoms with E-state index < -0.39 is 0 Å². The smallest absolute Gasteiger partial charge is 0.157 e. The lowest BCUT2D eigenvalue weighted by molar-refractivity contribution is 0.274. The normalized spacial score (nSPS) is 17.4. The van der Waals surface area contributed by atoms with Crippen molar-refractivity contribution in [3.63, 3.8) is 0 Å². The van der Waals surface area contributed by atoms with Gasteiger partial charge in [-0.2, -0.15) is 0 Å². The standard InChI is InChI=1S/C13H13ClN4O/c14-12-11(15)13(17-7-16-12)18-9-5-6-19-10-4-2-1-3-8(9)10/h1-4,7,9H,5-6,15H2,(H,16,17,18). The highest BCUT2D eigenvalue weighted by Gasteiger charge is 2.22.